The first-order valence-electron chi connectivity index (χ1n) is 8.79. The monoisotopic (exact) mass is 512 g/mol. The molecule has 1 heterocycles. The number of alkyl halides is 3. The van der Waals surface area contributed by atoms with Gasteiger partial charge in [-0.05, 0) is 57.9 Å². The molecular weight excluding hydrogens is 497 g/mol. The van der Waals surface area contributed by atoms with E-state index in [0.717, 1.165) is 22.2 Å². The Labute approximate surface area is 188 Å². The van der Waals surface area contributed by atoms with Gasteiger partial charge in [-0.25, -0.2) is 10.4 Å². The molecule has 2 N–H and O–H groups in total. The van der Waals surface area contributed by atoms with Crippen LogP contribution in [0.5, 0.6) is 5.75 Å². The number of amides is 1. The summed E-state index contributed by atoms with van der Waals surface area (Å²) < 4.78 is 44.3. The number of thiazole rings is 1. The highest BCUT2D eigenvalue weighted by molar-refractivity contribution is 9.10. The number of ether oxygens (including phenoxy) is 1. The van der Waals surface area contributed by atoms with E-state index in [2.05, 4.69) is 36.8 Å². The van der Waals surface area contributed by atoms with Crippen molar-refractivity contribution in [3.8, 4) is 5.75 Å². The third kappa shape index (κ3) is 6.53. The zero-order chi connectivity index (χ0) is 22.4. The molecule has 0 aliphatic heterocycles. The van der Waals surface area contributed by atoms with Gasteiger partial charge in [0.2, 0.25) is 5.91 Å². The van der Waals surface area contributed by atoms with Gasteiger partial charge in [-0.15, -0.1) is 11.3 Å². The Hall–Kier alpha value is -2.92. The number of carbonyl (C=O) groups is 1. The topological polar surface area (TPSA) is 75.6 Å². The molecule has 31 heavy (non-hydrogen) atoms. The molecule has 0 saturated heterocycles. The first-order chi connectivity index (χ1) is 14.7. The third-order valence-electron chi connectivity index (χ3n) is 3.91. The fourth-order valence-corrected chi connectivity index (χ4v) is 3.78. The van der Waals surface area contributed by atoms with E-state index in [1.165, 1.54) is 29.7 Å². The smallest absolute Gasteiger partial charge is 0.416 e. The standard InChI is InChI=1S/C20H16BrF3N4O2S/c1-30-17-6-5-12(7-16(17)21)10-25-28-18(29)9-15-11-31-19(27-15)26-14-4-2-3-13(8-14)20(22,23)24/h2-8,10-11H,9H2,1H3,(H,26,27)(H,28,29)/b25-10-. The van der Waals surface area contributed by atoms with Crippen LogP contribution in [-0.2, 0) is 17.4 Å². The predicted molar refractivity (Wildman–Crippen MR) is 117 cm³/mol. The maximum absolute atomic E-state index is 12.8. The first kappa shape index (κ1) is 22.8. The summed E-state index contributed by atoms with van der Waals surface area (Å²) in [5.41, 5.74) is 3.15. The molecule has 0 fully saturated rings. The molecule has 0 radical (unpaired) electrons. The fourth-order valence-electron chi connectivity index (χ4n) is 2.49. The summed E-state index contributed by atoms with van der Waals surface area (Å²) in [5, 5.41) is 8.77. The van der Waals surface area contributed by atoms with Crippen molar-refractivity contribution in [3.05, 3.63) is 69.1 Å². The van der Waals surface area contributed by atoms with Gasteiger partial charge >= 0.3 is 6.18 Å². The largest absolute Gasteiger partial charge is 0.496 e. The van der Waals surface area contributed by atoms with E-state index in [0.29, 0.717) is 16.6 Å². The Kier molecular flexibility index (Phi) is 7.29. The van der Waals surface area contributed by atoms with Crippen LogP contribution in [0.15, 0.2) is 57.4 Å². The number of nitrogens with zero attached hydrogens (tertiary/aromatic N) is 2. The average molecular weight is 513 g/mol. The minimum Gasteiger partial charge on any atom is -0.496 e. The van der Waals surface area contributed by atoms with Crippen molar-refractivity contribution in [1.29, 1.82) is 0 Å². The fraction of sp³-hybridized carbons (Fsp3) is 0.150. The molecule has 1 aromatic heterocycles. The number of benzene rings is 2. The summed E-state index contributed by atoms with van der Waals surface area (Å²) in [6.07, 6.45) is -2.96. The Morgan fingerprint density at radius 3 is 2.81 bits per heavy atom. The normalized spacial score (nSPS) is 11.5. The molecule has 0 saturated carbocycles. The van der Waals surface area contributed by atoms with Crippen LogP contribution in [0.3, 0.4) is 0 Å². The van der Waals surface area contributed by atoms with Crippen LogP contribution in [0.4, 0.5) is 24.0 Å². The van der Waals surface area contributed by atoms with Crippen molar-refractivity contribution in [3.63, 3.8) is 0 Å². The molecule has 0 atom stereocenters. The molecule has 0 spiro atoms. The van der Waals surface area contributed by atoms with Gasteiger partial charge in [-0.3, -0.25) is 4.79 Å². The van der Waals surface area contributed by atoms with E-state index in [9.17, 15) is 18.0 Å². The molecule has 3 rings (SSSR count). The van der Waals surface area contributed by atoms with Crippen LogP contribution >= 0.6 is 27.3 Å². The van der Waals surface area contributed by atoms with E-state index in [1.807, 2.05) is 0 Å². The van der Waals surface area contributed by atoms with E-state index in [1.54, 1.807) is 30.7 Å². The Morgan fingerprint density at radius 1 is 1.29 bits per heavy atom. The lowest BCUT2D eigenvalue weighted by atomic mass is 10.2. The summed E-state index contributed by atoms with van der Waals surface area (Å²) in [6.45, 7) is 0. The number of methoxy groups -OCH3 is 1. The minimum atomic E-state index is -4.42. The number of aromatic nitrogens is 1. The summed E-state index contributed by atoms with van der Waals surface area (Å²) in [5.74, 6) is 0.305. The molecule has 2 aromatic carbocycles. The molecule has 3 aromatic rings. The second-order valence-corrected chi connectivity index (χ2v) is 7.92. The van der Waals surface area contributed by atoms with E-state index in [4.69, 9.17) is 4.74 Å². The van der Waals surface area contributed by atoms with Crippen LogP contribution in [-0.4, -0.2) is 24.2 Å². The number of halogens is 4. The molecule has 0 unspecified atom stereocenters. The summed E-state index contributed by atoms with van der Waals surface area (Å²) in [4.78, 5) is 16.3. The number of hydrogen-bond acceptors (Lipinski definition) is 6. The highest BCUT2D eigenvalue weighted by Gasteiger charge is 2.30. The Bertz CT molecular complexity index is 1100. The van der Waals surface area contributed by atoms with Crippen molar-refractivity contribution < 1.29 is 22.7 Å². The zero-order valence-corrected chi connectivity index (χ0v) is 18.4. The maximum Gasteiger partial charge on any atom is 0.416 e. The van der Waals surface area contributed by atoms with Crippen LogP contribution in [0.25, 0.3) is 0 Å². The van der Waals surface area contributed by atoms with Crippen LogP contribution in [0.1, 0.15) is 16.8 Å². The van der Waals surface area contributed by atoms with Crippen molar-refractivity contribution in [2.24, 2.45) is 5.10 Å². The van der Waals surface area contributed by atoms with Crippen LogP contribution in [0.2, 0.25) is 0 Å². The maximum atomic E-state index is 12.8. The summed E-state index contributed by atoms with van der Waals surface area (Å²) in [6, 6.07) is 10.2. The molecule has 1 amide bonds. The Morgan fingerprint density at radius 2 is 2.10 bits per heavy atom. The van der Waals surface area contributed by atoms with Crippen molar-refractivity contribution in [1.82, 2.24) is 10.4 Å². The highest BCUT2D eigenvalue weighted by atomic mass is 79.9. The molecule has 6 nitrogen and oxygen atoms in total. The van der Waals surface area contributed by atoms with E-state index >= 15 is 0 Å². The average Bonchev–Trinajstić information content (AvgIpc) is 3.14. The van der Waals surface area contributed by atoms with Crippen molar-refractivity contribution in [2.45, 2.75) is 12.6 Å². The third-order valence-corrected chi connectivity index (χ3v) is 5.34. The second kappa shape index (κ2) is 9.92. The minimum absolute atomic E-state index is 0.0234. The van der Waals surface area contributed by atoms with E-state index in [-0.39, 0.29) is 18.0 Å². The number of hydrogen-bond donors (Lipinski definition) is 2. The number of hydrazone groups is 1. The number of rotatable bonds is 7. The number of nitrogens with one attached hydrogen (secondary N) is 2. The molecule has 162 valence electrons. The summed E-state index contributed by atoms with van der Waals surface area (Å²) >= 11 is 4.56. The molecule has 0 bridgehead atoms. The van der Waals surface area contributed by atoms with Gasteiger partial charge in [-0.2, -0.15) is 18.3 Å². The SMILES string of the molecule is COc1ccc(/C=N\NC(=O)Cc2csc(Nc3cccc(C(F)(F)F)c3)n2)cc1Br. The first-order valence-corrected chi connectivity index (χ1v) is 10.5. The lowest BCUT2D eigenvalue weighted by Gasteiger charge is -2.08. The number of anilines is 2. The second-order valence-electron chi connectivity index (χ2n) is 6.21. The molecular formula is C20H16BrF3N4O2S. The van der Waals surface area contributed by atoms with Crippen molar-refractivity contribution in [2.75, 3.05) is 12.4 Å². The molecule has 0 aliphatic carbocycles. The predicted octanol–water partition coefficient (Wildman–Crippen LogP) is 5.37. The van der Waals surface area contributed by atoms with Crippen LogP contribution in [0, 0.1) is 0 Å². The lowest BCUT2D eigenvalue weighted by Crippen LogP contribution is -2.19. The zero-order valence-electron chi connectivity index (χ0n) is 16.0. The molecule has 0 aliphatic rings. The van der Waals surface area contributed by atoms with Gasteiger partial charge in [0.05, 0.1) is 35.5 Å². The van der Waals surface area contributed by atoms with Crippen molar-refractivity contribution >= 4 is 50.2 Å². The quantitative estimate of drug-likeness (QED) is 0.329. The van der Waals surface area contributed by atoms with Gasteiger partial charge in [0, 0.05) is 11.1 Å². The number of carbonyl (C=O) groups excluding carboxylic acids is 1. The highest BCUT2D eigenvalue weighted by Crippen LogP contribution is 2.32. The van der Waals surface area contributed by atoms with Gasteiger partial charge in [-0.1, -0.05) is 6.07 Å². The van der Waals surface area contributed by atoms with Gasteiger partial charge in [0.1, 0.15) is 5.75 Å². The lowest BCUT2D eigenvalue weighted by molar-refractivity contribution is -0.137. The molecule has 11 heteroatoms. The van der Waals surface area contributed by atoms with E-state index < -0.39 is 11.7 Å². The Balaban J connectivity index is 1.55. The van der Waals surface area contributed by atoms with Crippen LogP contribution < -0.4 is 15.5 Å². The van der Waals surface area contributed by atoms with Gasteiger partial charge < -0.3 is 10.1 Å². The van der Waals surface area contributed by atoms with Gasteiger partial charge in [0.15, 0.2) is 5.13 Å². The summed E-state index contributed by atoms with van der Waals surface area (Å²) in [7, 11) is 1.56. The van der Waals surface area contributed by atoms with Gasteiger partial charge in [0.25, 0.3) is 0 Å².